The molecule has 3 heteroatoms. The summed E-state index contributed by atoms with van der Waals surface area (Å²) in [5, 5.41) is 0. The quantitative estimate of drug-likeness (QED) is 0.704. The maximum atomic E-state index is 4.13. The fraction of sp³-hybridized carbons (Fsp3) is 0.333. The van der Waals surface area contributed by atoms with Gasteiger partial charge in [-0.1, -0.05) is 6.92 Å². The summed E-state index contributed by atoms with van der Waals surface area (Å²) < 4.78 is 0. The molecular formula is C12H17N3. The van der Waals surface area contributed by atoms with Gasteiger partial charge in [-0.25, -0.2) is 0 Å². The second kappa shape index (κ2) is 5.96. The normalized spacial score (nSPS) is 11.4. The van der Waals surface area contributed by atoms with Crippen LogP contribution in [-0.4, -0.2) is 25.3 Å². The Bertz CT molecular complexity index is 354. The van der Waals surface area contributed by atoms with E-state index in [9.17, 15) is 0 Å². The van der Waals surface area contributed by atoms with Gasteiger partial charge in [0, 0.05) is 50.2 Å². The first-order valence-corrected chi connectivity index (χ1v) is 5.05. The summed E-state index contributed by atoms with van der Waals surface area (Å²) in [6, 6.07) is 1.99. The third-order valence-electron chi connectivity index (χ3n) is 1.94. The molecule has 0 saturated carbocycles. The van der Waals surface area contributed by atoms with Gasteiger partial charge in [-0.2, -0.15) is 0 Å². The maximum absolute atomic E-state index is 4.13. The zero-order chi connectivity index (χ0) is 11.1. The topological polar surface area (TPSA) is 28.5 Å². The second-order valence-electron chi connectivity index (χ2n) is 3.38. The van der Waals surface area contributed by atoms with E-state index in [0.717, 1.165) is 17.7 Å². The largest absolute Gasteiger partial charge is 0.377 e. The SMILES string of the molecule is CCC=N/C=C/c1cnccc1N(C)C. The molecule has 0 radical (unpaired) electrons. The van der Waals surface area contributed by atoms with Gasteiger partial charge in [-0.3, -0.25) is 9.98 Å². The van der Waals surface area contributed by atoms with E-state index >= 15 is 0 Å². The van der Waals surface area contributed by atoms with Crippen LogP contribution in [-0.2, 0) is 0 Å². The van der Waals surface area contributed by atoms with Crippen LogP contribution < -0.4 is 4.90 Å². The van der Waals surface area contributed by atoms with Crippen molar-refractivity contribution in [1.82, 2.24) is 4.98 Å². The molecule has 0 aliphatic rings. The average molecular weight is 203 g/mol. The number of hydrogen-bond acceptors (Lipinski definition) is 3. The van der Waals surface area contributed by atoms with Crippen molar-refractivity contribution in [2.75, 3.05) is 19.0 Å². The van der Waals surface area contributed by atoms with Gasteiger partial charge in [0.1, 0.15) is 0 Å². The summed E-state index contributed by atoms with van der Waals surface area (Å²) in [4.78, 5) is 10.3. The lowest BCUT2D eigenvalue weighted by Crippen LogP contribution is -2.10. The Morgan fingerprint density at radius 2 is 2.27 bits per heavy atom. The van der Waals surface area contributed by atoms with Gasteiger partial charge >= 0.3 is 0 Å². The first-order chi connectivity index (χ1) is 7.25. The van der Waals surface area contributed by atoms with Crippen molar-refractivity contribution in [2.24, 2.45) is 4.99 Å². The van der Waals surface area contributed by atoms with Crippen LogP contribution in [0.3, 0.4) is 0 Å². The predicted molar refractivity (Wildman–Crippen MR) is 66.4 cm³/mol. The van der Waals surface area contributed by atoms with Crippen molar-refractivity contribution >= 4 is 18.0 Å². The monoisotopic (exact) mass is 203 g/mol. The van der Waals surface area contributed by atoms with E-state index in [1.807, 2.05) is 38.6 Å². The Morgan fingerprint density at radius 3 is 2.93 bits per heavy atom. The standard InChI is InChI=1S/C12H17N3/c1-4-7-13-8-5-11-10-14-9-6-12(11)15(2)3/h5-10H,4H2,1-3H3/b8-5+,13-7?. The van der Waals surface area contributed by atoms with E-state index in [1.54, 1.807) is 12.4 Å². The van der Waals surface area contributed by atoms with Crippen molar-refractivity contribution < 1.29 is 0 Å². The fourth-order valence-corrected chi connectivity index (χ4v) is 1.22. The highest BCUT2D eigenvalue weighted by atomic mass is 15.1. The minimum atomic E-state index is 0.956. The molecule has 1 heterocycles. The molecule has 0 N–H and O–H groups in total. The molecule has 0 saturated heterocycles. The van der Waals surface area contributed by atoms with Crippen molar-refractivity contribution in [3.63, 3.8) is 0 Å². The maximum Gasteiger partial charge on any atom is 0.0466 e. The molecule has 0 amide bonds. The lowest BCUT2D eigenvalue weighted by molar-refractivity contribution is 1.11. The molecule has 0 spiro atoms. The van der Waals surface area contributed by atoms with Gasteiger partial charge in [0.05, 0.1) is 0 Å². The number of rotatable bonds is 4. The average Bonchev–Trinajstić information content (AvgIpc) is 2.25. The molecule has 1 aromatic heterocycles. The van der Waals surface area contributed by atoms with Gasteiger partial charge in [-0.05, 0) is 18.6 Å². The van der Waals surface area contributed by atoms with Gasteiger partial charge in [0.25, 0.3) is 0 Å². The number of nitrogens with zero attached hydrogens (tertiary/aromatic N) is 3. The molecule has 3 nitrogen and oxygen atoms in total. The van der Waals surface area contributed by atoms with E-state index in [1.165, 1.54) is 0 Å². The minimum absolute atomic E-state index is 0.956. The summed E-state index contributed by atoms with van der Waals surface area (Å²) in [5.41, 5.74) is 2.23. The Hall–Kier alpha value is -1.64. The van der Waals surface area contributed by atoms with Crippen molar-refractivity contribution in [3.8, 4) is 0 Å². The summed E-state index contributed by atoms with van der Waals surface area (Å²) >= 11 is 0. The number of anilines is 1. The first kappa shape index (κ1) is 11.4. The highest BCUT2D eigenvalue weighted by Crippen LogP contribution is 2.17. The lowest BCUT2D eigenvalue weighted by atomic mass is 10.2. The molecule has 0 bridgehead atoms. The third kappa shape index (κ3) is 3.54. The number of hydrogen-bond donors (Lipinski definition) is 0. The van der Waals surface area contributed by atoms with Gasteiger partial charge in [0.2, 0.25) is 0 Å². The van der Waals surface area contributed by atoms with E-state index in [4.69, 9.17) is 0 Å². The molecule has 0 aromatic carbocycles. The summed E-state index contributed by atoms with van der Waals surface area (Å²) in [7, 11) is 4.03. The highest BCUT2D eigenvalue weighted by molar-refractivity contribution is 5.67. The summed E-state index contributed by atoms with van der Waals surface area (Å²) in [6.45, 7) is 2.06. The molecule has 0 atom stereocenters. The number of pyridine rings is 1. The van der Waals surface area contributed by atoms with Crippen LogP contribution >= 0.6 is 0 Å². The van der Waals surface area contributed by atoms with Crippen LogP contribution in [0, 0.1) is 0 Å². The molecule has 15 heavy (non-hydrogen) atoms. The van der Waals surface area contributed by atoms with Crippen LogP contribution in [0.1, 0.15) is 18.9 Å². The van der Waals surface area contributed by atoms with Gasteiger partial charge in [-0.15, -0.1) is 0 Å². The Morgan fingerprint density at radius 1 is 1.47 bits per heavy atom. The molecule has 1 aromatic rings. The zero-order valence-corrected chi connectivity index (χ0v) is 9.51. The zero-order valence-electron chi connectivity index (χ0n) is 9.51. The lowest BCUT2D eigenvalue weighted by Gasteiger charge is -2.14. The molecule has 0 fully saturated rings. The first-order valence-electron chi connectivity index (χ1n) is 5.05. The van der Waals surface area contributed by atoms with Crippen molar-refractivity contribution in [1.29, 1.82) is 0 Å². The van der Waals surface area contributed by atoms with Crippen molar-refractivity contribution in [2.45, 2.75) is 13.3 Å². The Kier molecular flexibility index (Phi) is 4.54. The Labute approximate surface area is 91.2 Å². The van der Waals surface area contributed by atoms with Crippen LogP contribution in [0.15, 0.2) is 29.7 Å². The van der Waals surface area contributed by atoms with E-state index in [2.05, 4.69) is 21.8 Å². The number of aliphatic imine (C=N–C) groups is 1. The molecule has 80 valence electrons. The van der Waals surface area contributed by atoms with Crippen LogP contribution in [0.2, 0.25) is 0 Å². The highest BCUT2D eigenvalue weighted by Gasteiger charge is 1.99. The Balaban J connectivity index is 2.84. The second-order valence-corrected chi connectivity index (χ2v) is 3.38. The van der Waals surface area contributed by atoms with Crippen molar-refractivity contribution in [3.05, 3.63) is 30.2 Å². The molecule has 0 aliphatic carbocycles. The third-order valence-corrected chi connectivity index (χ3v) is 1.94. The van der Waals surface area contributed by atoms with E-state index < -0.39 is 0 Å². The molecular weight excluding hydrogens is 186 g/mol. The van der Waals surface area contributed by atoms with Gasteiger partial charge in [0.15, 0.2) is 0 Å². The fourth-order valence-electron chi connectivity index (χ4n) is 1.22. The molecule has 0 unspecified atom stereocenters. The summed E-state index contributed by atoms with van der Waals surface area (Å²) in [5.74, 6) is 0. The molecule has 1 rings (SSSR count). The smallest absolute Gasteiger partial charge is 0.0466 e. The van der Waals surface area contributed by atoms with Crippen LogP contribution in [0.25, 0.3) is 6.08 Å². The van der Waals surface area contributed by atoms with E-state index in [-0.39, 0.29) is 0 Å². The van der Waals surface area contributed by atoms with Crippen LogP contribution in [0.4, 0.5) is 5.69 Å². The predicted octanol–water partition coefficient (Wildman–Crippen LogP) is 2.60. The molecule has 0 aliphatic heterocycles. The summed E-state index contributed by atoms with van der Waals surface area (Å²) in [6.07, 6.45) is 10.2. The van der Waals surface area contributed by atoms with Crippen LogP contribution in [0.5, 0.6) is 0 Å². The minimum Gasteiger partial charge on any atom is -0.377 e. The number of aromatic nitrogens is 1. The van der Waals surface area contributed by atoms with E-state index in [0.29, 0.717) is 0 Å². The van der Waals surface area contributed by atoms with Gasteiger partial charge < -0.3 is 4.90 Å².